The van der Waals surface area contributed by atoms with Crippen molar-refractivity contribution in [2.24, 2.45) is 0 Å². The monoisotopic (exact) mass is 354 g/mol. The molecule has 0 radical (unpaired) electrons. The smallest absolute Gasteiger partial charge is 0.167 e. The molecular weight excluding hydrogens is 332 g/mol. The maximum absolute atomic E-state index is 6.04. The van der Waals surface area contributed by atoms with Gasteiger partial charge in [0.05, 0.1) is 12.6 Å². The number of aromatic nitrogens is 3. The van der Waals surface area contributed by atoms with Crippen LogP contribution in [0.1, 0.15) is 41.9 Å². The summed E-state index contributed by atoms with van der Waals surface area (Å²) in [6, 6.07) is 12.9. The summed E-state index contributed by atoms with van der Waals surface area (Å²) in [5, 5.41) is 8.23. The maximum atomic E-state index is 6.04. The average Bonchev–Trinajstić information content (AvgIpc) is 3.32. The molecule has 1 aliphatic heterocycles. The molecule has 1 N–H and O–H groups in total. The molecule has 130 valence electrons. The van der Waals surface area contributed by atoms with E-state index in [4.69, 9.17) is 4.42 Å². The molecule has 1 unspecified atom stereocenters. The number of likely N-dealkylation sites (tertiary alicyclic amines) is 1. The number of nitrogens with one attached hydrogen (secondary N) is 1. The number of H-pyrrole nitrogens is 1. The third-order valence-electron chi connectivity index (χ3n) is 4.51. The Balaban J connectivity index is 1.42. The molecule has 1 saturated heterocycles. The predicted molar refractivity (Wildman–Crippen MR) is 97.5 cm³/mol. The summed E-state index contributed by atoms with van der Waals surface area (Å²) in [5.74, 6) is 2.77. The van der Waals surface area contributed by atoms with Gasteiger partial charge in [0.1, 0.15) is 11.6 Å². The van der Waals surface area contributed by atoms with E-state index in [9.17, 15) is 0 Å². The fourth-order valence-corrected chi connectivity index (χ4v) is 4.03. The number of hydrogen-bond acceptors (Lipinski definition) is 5. The molecule has 0 aliphatic carbocycles. The van der Waals surface area contributed by atoms with Gasteiger partial charge in [0, 0.05) is 4.90 Å². The lowest BCUT2D eigenvalue weighted by atomic mass is 10.2. The summed E-state index contributed by atoms with van der Waals surface area (Å²) in [5.41, 5.74) is 1.27. The number of aromatic amines is 1. The van der Waals surface area contributed by atoms with Gasteiger partial charge < -0.3 is 4.42 Å². The Morgan fingerprint density at radius 1 is 1.20 bits per heavy atom. The van der Waals surface area contributed by atoms with Crippen LogP contribution in [0.3, 0.4) is 0 Å². The van der Waals surface area contributed by atoms with Gasteiger partial charge >= 0.3 is 0 Å². The van der Waals surface area contributed by atoms with Gasteiger partial charge in [-0.15, -0.1) is 0 Å². The Kier molecular flexibility index (Phi) is 4.63. The molecule has 0 bridgehead atoms. The van der Waals surface area contributed by atoms with Gasteiger partial charge in [0.25, 0.3) is 0 Å². The van der Waals surface area contributed by atoms with Crippen LogP contribution in [0.25, 0.3) is 0 Å². The molecule has 5 nitrogen and oxygen atoms in total. The van der Waals surface area contributed by atoms with Crippen molar-refractivity contribution >= 4 is 11.8 Å². The maximum Gasteiger partial charge on any atom is 0.167 e. The molecular formula is C19H22N4OS. The third-order valence-corrected chi connectivity index (χ3v) is 5.44. The lowest BCUT2D eigenvalue weighted by molar-refractivity contribution is 0.215. The Labute approximate surface area is 151 Å². The van der Waals surface area contributed by atoms with E-state index in [1.165, 1.54) is 16.9 Å². The second kappa shape index (κ2) is 7.06. The molecule has 3 heterocycles. The van der Waals surface area contributed by atoms with Crippen molar-refractivity contribution in [2.45, 2.75) is 49.3 Å². The van der Waals surface area contributed by atoms with Gasteiger partial charge in [-0.05, 0) is 57.5 Å². The molecule has 1 aliphatic rings. The van der Waals surface area contributed by atoms with Gasteiger partial charge in [-0.1, -0.05) is 29.5 Å². The summed E-state index contributed by atoms with van der Waals surface area (Å²) < 4.78 is 6.04. The molecule has 2 aromatic heterocycles. The van der Waals surface area contributed by atoms with Crippen LogP contribution in [-0.4, -0.2) is 26.6 Å². The summed E-state index contributed by atoms with van der Waals surface area (Å²) >= 11 is 1.66. The van der Waals surface area contributed by atoms with E-state index in [1.807, 2.05) is 6.92 Å². The first kappa shape index (κ1) is 16.4. The molecule has 1 fully saturated rings. The van der Waals surface area contributed by atoms with E-state index in [0.717, 1.165) is 42.0 Å². The van der Waals surface area contributed by atoms with Gasteiger partial charge in [-0.2, -0.15) is 5.10 Å². The van der Waals surface area contributed by atoms with E-state index in [-0.39, 0.29) is 6.04 Å². The second-order valence-electron chi connectivity index (χ2n) is 6.54. The van der Waals surface area contributed by atoms with Crippen molar-refractivity contribution in [2.75, 3.05) is 6.54 Å². The van der Waals surface area contributed by atoms with Gasteiger partial charge in [0.2, 0.25) is 0 Å². The lowest BCUT2D eigenvalue weighted by Gasteiger charge is -2.20. The number of benzene rings is 1. The number of furan rings is 1. The Bertz CT molecular complexity index is 839. The molecule has 3 aromatic rings. The van der Waals surface area contributed by atoms with Crippen molar-refractivity contribution in [1.82, 2.24) is 20.1 Å². The van der Waals surface area contributed by atoms with Crippen LogP contribution < -0.4 is 0 Å². The van der Waals surface area contributed by atoms with Gasteiger partial charge in [-0.25, -0.2) is 4.98 Å². The first-order valence-electron chi connectivity index (χ1n) is 8.63. The van der Waals surface area contributed by atoms with E-state index in [1.54, 1.807) is 11.8 Å². The Morgan fingerprint density at radius 2 is 2.04 bits per heavy atom. The van der Waals surface area contributed by atoms with Crippen LogP contribution in [-0.2, 0) is 6.54 Å². The summed E-state index contributed by atoms with van der Waals surface area (Å²) in [6.45, 7) is 5.89. The predicted octanol–water partition coefficient (Wildman–Crippen LogP) is 4.50. The number of hydrogen-bond donors (Lipinski definition) is 1. The van der Waals surface area contributed by atoms with Crippen molar-refractivity contribution < 1.29 is 4.42 Å². The quantitative estimate of drug-likeness (QED) is 0.731. The van der Waals surface area contributed by atoms with E-state index < -0.39 is 0 Å². The number of rotatable bonds is 5. The zero-order chi connectivity index (χ0) is 17.2. The Morgan fingerprint density at radius 3 is 2.80 bits per heavy atom. The van der Waals surface area contributed by atoms with Crippen LogP contribution in [0.15, 0.2) is 50.8 Å². The number of aryl methyl sites for hydroxylation is 2. The second-order valence-corrected chi connectivity index (χ2v) is 7.62. The summed E-state index contributed by atoms with van der Waals surface area (Å²) in [6.07, 6.45) is 2.27. The minimum atomic E-state index is 0.281. The van der Waals surface area contributed by atoms with Crippen molar-refractivity contribution in [3.63, 3.8) is 0 Å². The van der Waals surface area contributed by atoms with Crippen LogP contribution in [0, 0.1) is 13.8 Å². The fraction of sp³-hybridized carbons (Fsp3) is 0.368. The zero-order valence-electron chi connectivity index (χ0n) is 14.5. The average molecular weight is 354 g/mol. The lowest BCUT2D eigenvalue weighted by Crippen LogP contribution is -2.23. The highest BCUT2D eigenvalue weighted by atomic mass is 32.2. The highest BCUT2D eigenvalue weighted by Gasteiger charge is 2.29. The van der Waals surface area contributed by atoms with Gasteiger partial charge in [-0.3, -0.25) is 10.00 Å². The molecule has 4 rings (SSSR count). The molecule has 6 heteroatoms. The third kappa shape index (κ3) is 3.80. The number of nitrogens with zero attached hydrogens (tertiary/aromatic N) is 3. The van der Waals surface area contributed by atoms with E-state index in [0.29, 0.717) is 0 Å². The highest BCUT2D eigenvalue weighted by Crippen LogP contribution is 2.33. The van der Waals surface area contributed by atoms with Crippen LogP contribution >= 0.6 is 11.8 Å². The highest BCUT2D eigenvalue weighted by molar-refractivity contribution is 7.99. The van der Waals surface area contributed by atoms with E-state index >= 15 is 0 Å². The fourth-order valence-electron chi connectivity index (χ4n) is 3.24. The first-order chi connectivity index (χ1) is 12.2. The first-order valence-corrected chi connectivity index (χ1v) is 9.45. The molecule has 1 atom stereocenters. The molecule has 1 aromatic carbocycles. The standard InChI is InChI=1S/C19H22N4OS/c1-13-5-8-16(9-6-13)25-18-10-7-15(24-18)12-23-11-3-4-17(23)19-20-14(2)21-22-19/h5-10,17H,3-4,11-12H2,1-2H3,(H,20,21,22). The molecule has 25 heavy (non-hydrogen) atoms. The minimum Gasteiger partial charge on any atom is -0.453 e. The molecule has 0 spiro atoms. The SMILES string of the molecule is Cc1ccc(Sc2ccc(CN3CCCC3c3n[nH]c(C)n3)o2)cc1. The van der Waals surface area contributed by atoms with Crippen LogP contribution in [0.4, 0.5) is 0 Å². The van der Waals surface area contributed by atoms with Crippen molar-refractivity contribution in [3.8, 4) is 0 Å². The van der Waals surface area contributed by atoms with E-state index in [2.05, 4.69) is 63.4 Å². The van der Waals surface area contributed by atoms with Crippen LogP contribution in [0.5, 0.6) is 0 Å². The normalized spacial score (nSPS) is 18.1. The largest absolute Gasteiger partial charge is 0.453 e. The summed E-state index contributed by atoms with van der Waals surface area (Å²) in [7, 11) is 0. The van der Waals surface area contributed by atoms with Crippen molar-refractivity contribution in [1.29, 1.82) is 0 Å². The topological polar surface area (TPSA) is 58.0 Å². The zero-order valence-corrected chi connectivity index (χ0v) is 15.3. The van der Waals surface area contributed by atoms with Crippen molar-refractivity contribution in [3.05, 3.63) is 59.4 Å². The van der Waals surface area contributed by atoms with Gasteiger partial charge in [0.15, 0.2) is 10.9 Å². The Hall–Kier alpha value is -2.05. The minimum absolute atomic E-state index is 0.281. The van der Waals surface area contributed by atoms with Crippen LogP contribution in [0.2, 0.25) is 0 Å². The molecule has 0 amide bonds. The summed E-state index contributed by atoms with van der Waals surface area (Å²) in [4.78, 5) is 8.11. The molecule has 0 saturated carbocycles.